The van der Waals surface area contributed by atoms with Crippen LogP contribution in [0.15, 0.2) is 91.0 Å². The summed E-state index contributed by atoms with van der Waals surface area (Å²) < 4.78 is 6.02. The van der Waals surface area contributed by atoms with Gasteiger partial charge in [-0.2, -0.15) is 0 Å². The third-order valence-corrected chi connectivity index (χ3v) is 6.82. The molecule has 4 aromatic rings. The normalized spacial score (nSPS) is 11.6. The zero-order valence-electron chi connectivity index (χ0n) is 21.9. The molecule has 4 nitrogen and oxygen atoms in total. The Kier molecular flexibility index (Phi) is 9.10. The van der Waals surface area contributed by atoms with Crippen molar-refractivity contribution >= 4 is 16.7 Å². The number of nitrogens with one attached hydrogen (secondary N) is 1. The van der Waals surface area contributed by atoms with Crippen molar-refractivity contribution < 1.29 is 14.6 Å². The summed E-state index contributed by atoms with van der Waals surface area (Å²) in [5.41, 5.74) is 4.96. The van der Waals surface area contributed by atoms with Gasteiger partial charge in [0, 0.05) is 12.1 Å². The molecule has 0 bridgehead atoms. The molecule has 0 aliphatic rings. The SMILES string of the molecule is CC(C)(Cc1ccc2ccccc2c1)NCCCOCc1ccccc1CCc1ccccc1C(=O)O. The molecule has 4 heteroatoms. The topological polar surface area (TPSA) is 58.6 Å². The van der Waals surface area contributed by atoms with Gasteiger partial charge in [-0.05, 0) is 85.2 Å². The fourth-order valence-corrected chi connectivity index (χ4v) is 4.86. The van der Waals surface area contributed by atoms with E-state index in [4.69, 9.17) is 4.74 Å². The van der Waals surface area contributed by atoms with Gasteiger partial charge >= 0.3 is 5.97 Å². The summed E-state index contributed by atoms with van der Waals surface area (Å²) in [4.78, 5) is 11.5. The van der Waals surface area contributed by atoms with Crippen LogP contribution < -0.4 is 5.32 Å². The van der Waals surface area contributed by atoms with E-state index in [-0.39, 0.29) is 5.54 Å². The highest BCUT2D eigenvalue weighted by Crippen LogP contribution is 2.20. The number of hydrogen-bond donors (Lipinski definition) is 2. The van der Waals surface area contributed by atoms with E-state index in [1.165, 1.54) is 27.5 Å². The Morgan fingerprint density at radius 1 is 0.811 bits per heavy atom. The lowest BCUT2D eigenvalue weighted by atomic mass is 9.93. The van der Waals surface area contributed by atoms with E-state index in [0.29, 0.717) is 25.2 Å². The van der Waals surface area contributed by atoms with Crippen LogP contribution in [0.25, 0.3) is 10.8 Å². The number of benzene rings is 4. The summed E-state index contributed by atoms with van der Waals surface area (Å²) in [6.07, 6.45) is 3.39. The molecule has 0 heterocycles. The zero-order valence-corrected chi connectivity index (χ0v) is 21.9. The Balaban J connectivity index is 1.21. The average Bonchev–Trinajstić information content (AvgIpc) is 2.89. The number of carbonyl (C=O) groups is 1. The number of rotatable bonds is 13. The fourth-order valence-electron chi connectivity index (χ4n) is 4.86. The quantitative estimate of drug-likeness (QED) is 0.199. The highest BCUT2D eigenvalue weighted by atomic mass is 16.5. The minimum atomic E-state index is -0.874. The predicted octanol–water partition coefficient (Wildman–Crippen LogP) is 6.84. The van der Waals surface area contributed by atoms with Crippen LogP contribution in [0.3, 0.4) is 0 Å². The number of aryl methyl sites for hydroxylation is 2. The lowest BCUT2D eigenvalue weighted by molar-refractivity contribution is 0.0695. The molecule has 0 aromatic heterocycles. The molecule has 0 atom stereocenters. The minimum Gasteiger partial charge on any atom is -0.478 e. The molecule has 0 spiro atoms. The summed E-state index contributed by atoms with van der Waals surface area (Å²) in [6.45, 7) is 6.66. The Bertz CT molecular complexity index is 1330. The van der Waals surface area contributed by atoms with Gasteiger partial charge in [-0.15, -0.1) is 0 Å². The minimum absolute atomic E-state index is 0.00129. The summed E-state index contributed by atoms with van der Waals surface area (Å²) in [6, 6.07) is 30.7. The van der Waals surface area contributed by atoms with E-state index in [0.717, 1.165) is 31.4 Å². The van der Waals surface area contributed by atoms with Gasteiger partial charge in [0.05, 0.1) is 12.2 Å². The Morgan fingerprint density at radius 2 is 1.46 bits per heavy atom. The second-order valence-corrected chi connectivity index (χ2v) is 10.3. The molecule has 37 heavy (non-hydrogen) atoms. The van der Waals surface area contributed by atoms with Crippen LogP contribution in [-0.4, -0.2) is 29.8 Å². The summed E-state index contributed by atoms with van der Waals surface area (Å²) in [5.74, 6) is -0.874. The molecule has 0 saturated carbocycles. The molecular weight excluding hydrogens is 458 g/mol. The second-order valence-electron chi connectivity index (χ2n) is 10.3. The van der Waals surface area contributed by atoms with E-state index < -0.39 is 5.97 Å². The van der Waals surface area contributed by atoms with Crippen molar-refractivity contribution in [2.45, 2.75) is 51.7 Å². The van der Waals surface area contributed by atoms with Gasteiger partial charge in [-0.25, -0.2) is 4.79 Å². The highest BCUT2D eigenvalue weighted by Gasteiger charge is 2.17. The number of ether oxygens (including phenoxy) is 1. The first-order valence-electron chi connectivity index (χ1n) is 13.1. The molecule has 2 N–H and O–H groups in total. The smallest absolute Gasteiger partial charge is 0.335 e. The van der Waals surface area contributed by atoms with E-state index in [9.17, 15) is 9.90 Å². The first-order valence-corrected chi connectivity index (χ1v) is 13.1. The van der Waals surface area contributed by atoms with Crippen molar-refractivity contribution in [2.75, 3.05) is 13.2 Å². The van der Waals surface area contributed by atoms with Crippen molar-refractivity contribution in [3.8, 4) is 0 Å². The summed E-state index contributed by atoms with van der Waals surface area (Å²) in [7, 11) is 0. The average molecular weight is 496 g/mol. The number of carboxylic acid groups (broad SMARTS) is 1. The van der Waals surface area contributed by atoms with Crippen LogP contribution in [0, 0.1) is 0 Å². The van der Waals surface area contributed by atoms with Crippen LogP contribution in [0.2, 0.25) is 0 Å². The van der Waals surface area contributed by atoms with E-state index in [1.54, 1.807) is 12.1 Å². The van der Waals surface area contributed by atoms with Gasteiger partial charge in [0.25, 0.3) is 0 Å². The number of aromatic carboxylic acids is 1. The van der Waals surface area contributed by atoms with Crippen molar-refractivity contribution in [3.05, 3.63) is 119 Å². The van der Waals surface area contributed by atoms with Crippen LogP contribution in [-0.2, 0) is 30.6 Å². The van der Waals surface area contributed by atoms with Crippen LogP contribution >= 0.6 is 0 Å². The van der Waals surface area contributed by atoms with E-state index >= 15 is 0 Å². The molecule has 192 valence electrons. The molecular formula is C33H37NO3. The molecule has 0 fully saturated rings. The Morgan fingerprint density at radius 3 is 2.24 bits per heavy atom. The van der Waals surface area contributed by atoms with Gasteiger partial charge < -0.3 is 15.2 Å². The number of fused-ring (bicyclic) bond motifs is 1. The van der Waals surface area contributed by atoms with Crippen molar-refractivity contribution in [3.63, 3.8) is 0 Å². The third kappa shape index (κ3) is 7.75. The number of hydrogen-bond acceptors (Lipinski definition) is 3. The van der Waals surface area contributed by atoms with Crippen molar-refractivity contribution in [1.29, 1.82) is 0 Å². The van der Waals surface area contributed by atoms with Crippen LogP contribution in [0.5, 0.6) is 0 Å². The maximum atomic E-state index is 11.5. The molecule has 0 unspecified atom stereocenters. The molecule has 0 radical (unpaired) electrons. The van der Waals surface area contributed by atoms with Gasteiger partial charge in [-0.1, -0.05) is 84.9 Å². The molecule has 0 aliphatic heterocycles. The standard InChI is InChI=1S/C33H37NO3/c1-33(2,23-25-16-17-26-10-3-5-13-29(26)22-25)34-20-9-21-37-24-30-14-6-4-11-27(30)18-19-28-12-7-8-15-31(28)32(35)36/h3-8,10-17,22,34H,9,18-21,23-24H2,1-2H3,(H,35,36). The van der Waals surface area contributed by atoms with Crippen molar-refractivity contribution in [1.82, 2.24) is 5.32 Å². The summed E-state index contributed by atoms with van der Waals surface area (Å²) in [5, 5.41) is 15.7. The molecule has 0 aliphatic carbocycles. The Labute approximate surface area is 220 Å². The maximum absolute atomic E-state index is 11.5. The first-order chi connectivity index (χ1) is 17.9. The van der Waals surface area contributed by atoms with Gasteiger partial charge in [0.15, 0.2) is 0 Å². The second kappa shape index (κ2) is 12.7. The lowest BCUT2D eigenvalue weighted by Gasteiger charge is -2.27. The van der Waals surface area contributed by atoms with Gasteiger partial charge in [0.2, 0.25) is 0 Å². The Hall–Kier alpha value is -3.47. The molecule has 4 rings (SSSR count). The molecule has 0 amide bonds. The summed E-state index contributed by atoms with van der Waals surface area (Å²) >= 11 is 0. The third-order valence-electron chi connectivity index (χ3n) is 6.82. The van der Waals surface area contributed by atoms with Crippen LogP contribution in [0.4, 0.5) is 0 Å². The zero-order chi connectivity index (χ0) is 26.1. The largest absolute Gasteiger partial charge is 0.478 e. The first kappa shape index (κ1) is 26.6. The monoisotopic (exact) mass is 495 g/mol. The maximum Gasteiger partial charge on any atom is 0.335 e. The highest BCUT2D eigenvalue weighted by molar-refractivity contribution is 5.89. The van der Waals surface area contributed by atoms with E-state index in [1.807, 2.05) is 24.3 Å². The van der Waals surface area contributed by atoms with Crippen LogP contribution in [0.1, 0.15) is 52.9 Å². The predicted molar refractivity (Wildman–Crippen MR) is 151 cm³/mol. The fraction of sp³-hybridized carbons (Fsp3) is 0.303. The molecule has 4 aromatic carbocycles. The van der Waals surface area contributed by atoms with Gasteiger partial charge in [0.1, 0.15) is 0 Å². The van der Waals surface area contributed by atoms with Crippen molar-refractivity contribution in [2.24, 2.45) is 0 Å². The molecule has 0 saturated heterocycles. The lowest BCUT2D eigenvalue weighted by Crippen LogP contribution is -2.42. The van der Waals surface area contributed by atoms with E-state index in [2.05, 4.69) is 73.8 Å². The number of carboxylic acids is 1. The van der Waals surface area contributed by atoms with Gasteiger partial charge in [-0.3, -0.25) is 0 Å².